The number of tetrazole rings is 1. The fraction of sp³-hybridized carbons (Fsp3) is 0.375. The number of hydrogen-bond donors (Lipinski definition) is 2. The molecule has 1 amide bonds. The van der Waals surface area contributed by atoms with Gasteiger partial charge in [-0.15, -0.1) is 5.10 Å². The van der Waals surface area contributed by atoms with Crippen molar-refractivity contribution in [2.75, 3.05) is 18.4 Å². The first-order chi connectivity index (χ1) is 7.81. The van der Waals surface area contributed by atoms with E-state index in [1.807, 2.05) is 6.92 Å². The second-order valence-electron chi connectivity index (χ2n) is 3.05. The molecule has 0 fully saturated rings. The smallest absolute Gasteiger partial charge is 0.239 e. The Morgan fingerprint density at radius 1 is 1.50 bits per heavy atom. The molecule has 0 atom stereocenters. The highest BCUT2D eigenvalue weighted by Gasteiger charge is 2.05. The van der Waals surface area contributed by atoms with Crippen molar-refractivity contribution in [2.45, 2.75) is 6.92 Å². The van der Waals surface area contributed by atoms with Gasteiger partial charge in [0.05, 0.1) is 18.9 Å². The summed E-state index contributed by atoms with van der Waals surface area (Å²) in [7, 11) is 0. The van der Waals surface area contributed by atoms with E-state index in [-0.39, 0.29) is 12.5 Å². The average molecular weight is 221 g/mol. The number of nitrogens with zero attached hydrogens (tertiary/aromatic N) is 5. The van der Waals surface area contributed by atoms with Gasteiger partial charge >= 0.3 is 0 Å². The molecule has 0 spiro atoms. The van der Waals surface area contributed by atoms with Gasteiger partial charge in [0.2, 0.25) is 5.91 Å². The molecule has 0 saturated carbocycles. The molecule has 0 saturated heterocycles. The molecule has 2 heterocycles. The zero-order chi connectivity index (χ0) is 11.4. The van der Waals surface area contributed by atoms with E-state index in [0.29, 0.717) is 18.0 Å². The maximum absolute atomic E-state index is 11.2. The SMILES string of the molecule is CCNC(=O)CNc1cncc2nnnn12. The Morgan fingerprint density at radius 2 is 2.38 bits per heavy atom. The molecule has 84 valence electrons. The fourth-order valence-electron chi connectivity index (χ4n) is 1.23. The summed E-state index contributed by atoms with van der Waals surface area (Å²) in [5.41, 5.74) is 0.529. The molecule has 2 N–H and O–H groups in total. The maximum atomic E-state index is 11.2. The molecule has 0 aliphatic heterocycles. The van der Waals surface area contributed by atoms with Crippen LogP contribution in [0.4, 0.5) is 5.82 Å². The van der Waals surface area contributed by atoms with Gasteiger partial charge in [-0.25, -0.2) is 0 Å². The van der Waals surface area contributed by atoms with Crippen LogP contribution in [0.1, 0.15) is 6.92 Å². The van der Waals surface area contributed by atoms with Gasteiger partial charge in [-0.3, -0.25) is 9.78 Å². The Hall–Kier alpha value is -2.25. The summed E-state index contributed by atoms with van der Waals surface area (Å²) in [6.07, 6.45) is 3.10. The van der Waals surface area contributed by atoms with Crippen molar-refractivity contribution in [3.63, 3.8) is 0 Å². The van der Waals surface area contributed by atoms with Crippen molar-refractivity contribution in [3.8, 4) is 0 Å². The zero-order valence-corrected chi connectivity index (χ0v) is 8.71. The predicted molar refractivity (Wildman–Crippen MR) is 55.8 cm³/mol. The van der Waals surface area contributed by atoms with E-state index in [0.717, 1.165) is 0 Å². The van der Waals surface area contributed by atoms with Crippen LogP contribution in [0.15, 0.2) is 12.4 Å². The highest BCUT2D eigenvalue weighted by atomic mass is 16.1. The van der Waals surface area contributed by atoms with E-state index in [1.165, 1.54) is 10.7 Å². The molecule has 0 aliphatic rings. The van der Waals surface area contributed by atoms with Crippen molar-refractivity contribution in [3.05, 3.63) is 12.4 Å². The van der Waals surface area contributed by atoms with Gasteiger partial charge in [0.25, 0.3) is 0 Å². The summed E-state index contributed by atoms with van der Waals surface area (Å²) in [5.74, 6) is 0.487. The monoisotopic (exact) mass is 221 g/mol. The molecular formula is C8H11N7O. The van der Waals surface area contributed by atoms with Crippen molar-refractivity contribution >= 4 is 17.4 Å². The summed E-state index contributed by atoms with van der Waals surface area (Å²) in [4.78, 5) is 15.2. The molecule has 8 heteroatoms. The van der Waals surface area contributed by atoms with Gasteiger partial charge in [-0.2, -0.15) is 4.52 Å². The number of aromatic nitrogens is 5. The first kappa shape index (κ1) is 10.3. The number of fused-ring (bicyclic) bond motifs is 1. The van der Waals surface area contributed by atoms with Gasteiger partial charge in [0.1, 0.15) is 0 Å². The van der Waals surface area contributed by atoms with Gasteiger partial charge in [0, 0.05) is 6.54 Å². The Balaban J connectivity index is 2.09. The number of likely N-dealkylation sites (N-methyl/N-ethyl adjacent to an activating group) is 1. The molecule has 0 aromatic carbocycles. The first-order valence-corrected chi connectivity index (χ1v) is 4.84. The Labute approximate surface area is 91.1 Å². The normalized spacial score (nSPS) is 10.3. The number of carbonyl (C=O) groups excluding carboxylic acids is 1. The van der Waals surface area contributed by atoms with Crippen LogP contribution in [0, 0.1) is 0 Å². The molecule has 2 rings (SSSR count). The quantitative estimate of drug-likeness (QED) is 0.692. The number of nitrogens with one attached hydrogen (secondary N) is 2. The van der Waals surface area contributed by atoms with Crippen LogP contribution in [0.3, 0.4) is 0 Å². The number of hydrogen-bond acceptors (Lipinski definition) is 6. The van der Waals surface area contributed by atoms with E-state index in [1.54, 1.807) is 6.20 Å². The van der Waals surface area contributed by atoms with E-state index in [9.17, 15) is 4.79 Å². The van der Waals surface area contributed by atoms with E-state index in [4.69, 9.17) is 0 Å². The highest BCUT2D eigenvalue weighted by Crippen LogP contribution is 2.04. The van der Waals surface area contributed by atoms with Crippen LogP contribution in [0.5, 0.6) is 0 Å². The average Bonchev–Trinajstić information content (AvgIpc) is 2.75. The van der Waals surface area contributed by atoms with E-state index in [2.05, 4.69) is 31.1 Å². The van der Waals surface area contributed by atoms with Crippen LogP contribution < -0.4 is 10.6 Å². The fourth-order valence-corrected chi connectivity index (χ4v) is 1.23. The molecule has 0 unspecified atom stereocenters. The summed E-state index contributed by atoms with van der Waals surface area (Å²) in [6.45, 7) is 2.63. The van der Waals surface area contributed by atoms with Gasteiger partial charge in [0.15, 0.2) is 11.5 Å². The lowest BCUT2D eigenvalue weighted by Gasteiger charge is -2.06. The summed E-state index contributed by atoms with van der Waals surface area (Å²) in [6, 6.07) is 0. The number of rotatable bonds is 4. The van der Waals surface area contributed by atoms with E-state index >= 15 is 0 Å². The summed E-state index contributed by atoms with van der Waals surface area (Å²) < 4.78 is 1.48. The van der Waals surface area contributed by atoms with Crippen LogP contribution in [0.25, 0.3) is 5.65 Å². The minimum Gasteiger partial charge on any atom is -0.360 e. The van der Waals surface area contributed by atoms with Crippen LogP contribution >= 0.6 is 0 Å². The van der Waals surface area contributed by atoms with Crippen molar-refractivity contribution < 1.29 is 4.79 Å². The molecule has 2 aromatic rings. The summed E-state index contributed by atoms with van der Waals surface area (Å²) in [5, 5.41) is 16.6. The Bertz CT molecular complexity index is 494. The van der Waals surface area contributed by atoms with Gasteiger partial charge in [-0.1, -0.05) is 0 Å². The molecule has 2 aromatic heterocycles. The first-order valence-electron chi connectivity index (χ1n) is 4.84. The topological polar surface area (TPSA) is 97.1 Å². The lowest BCUT2D eigenvalue weighted by Crippen LogP contribution is -2.29. The standard InChI is InChI=1S/C8H11N7O/c1-2-10-8(16)5-11-6-3-9-4-7-12-13-14-15(6)7/h3-4,11H,2,5H2,1H3,(H,10,16). The molecule has 16 heavy (non-hydrogen) atoms. The number of carbonyl (C=O) groups is 1. The molecule has 8 nitrogen and oxygen atoms in total. The third kappa shape index (κ3) is 2.05. The maximum Gasteiger partial charge on any atom is 0.239 e. The minimum absolute atomic E-state index is 0.0902. The van der Waals surface area contributed by atoms with Crippen molar-refractivity contribution in [1.82, 2.24) is 30.3 Å². The Kier molecular flexibility index (Phi) is 2.90. The summed E-state index contributed by atoms with van der Waals surface area (Å²) >= 11 is 0. The second kappa shape index (κ2) is 4.51. The van der Waals surface area contributed by atoms with Gasteiger partial charge in [-0.05, 0) is 17.4 Å². The third-order valence-electron chi connectivity index (χ3n) is 1.91. The Morgan fingerprint density at radius 3 is 3.19 bits per heavy atom. The van der Waals surface area contributed by atoms with Gasteiger partial charge < -0.3 is 10.6 Å². The molecule has 0 aliphatic carbocycles. The molecular weight excluding hydrogens is 210 g/mol. The number of anilines is 1. The van der Waals surface area contributed by atoms with Crippen LogP contribution in [-0.4, -0.2) is 44.0 Å². The minimum atomic E-state index is -0.0902. The van der Waals surface area contributed by atoms with Crippen LogP contribution in [-0.2, 0) is 4.79 Å². The largest absolute Gasteiger partial charge is 0.360 e. The second-order valence-corrected chi connectivity index (χ2v) is 3.05. The van der Waals surface area contributed by atoms with Crippen LogP contribution in [0.2, 0.25) is 0 Å². The van der Waals surface area contributed by atoms with Crippen molar-refractivity contribution in [2.24, 2.45) is 0 Å². The molecule has 0 radical (unpaired) electrons. The molecule has 0 bridgehead atoms. The third-order valence-corrected chi connectivity index (χ3v) is 1.91. The zero-order valence-electron chi connectivity index (χ0n) is 8.71. The van der Waals surface area contributed by atoms with E-state index < -0.39 is 0 Å². The predicted octanol–water partition coefficient (Wildman–Crippen LogP) is -0.933. The van der Waals surface area contributed by atoms with Crippen molar-refractivity contribution in [1.29, 1.82) is 0 Å². The lowest BCUT2D eigenvalue weighted by molar-refractivity contribution is -0.119. The number of amides is 1. The lowest BCUT2D eigenvalue weighted by atomic mass is 10.5. The highest BCUT2D eigenvalue weighted by molar-refractivity contribution is 5.80.